The minimum absolute atomic E-state index is 1.08. The van der Waals surface area contributed by atoms with Crippen molar-refractivity contribution in [3.05, 3.63) is 267 Å². The SMILES string of the molecule is c1ccc(-c2ccc3c(c2)c2cc(-c4ccccc4)ccc2n3-c2ccc(N(c3ccccc3)c3cccc(-c4c5ccccc5c(-c5ccc6ccccc6c5)c5ccccc45)c3)cc2)cc1. The second-order valence-corrected chi connectivity index (χ2v) is 17.7. The zero-order chi connectivity index (χ0) is 45.0. The van der Waals surface area contributed by atoms with Crippen LogP contribution in [-0.4, -0.2) is 4.57 Å². The highest BCUT2D eigenvalue weighted by Gasteiger charge is 2.20. The Bertz CT molecular complexity index is 3850. The number of nitrogens with zero attached hydrogens (tertiary/aromatic N) is 2. The standard InChI is InChI=1S/C66H44N2/c1-4-17-45(18-5-1)49-33-39-63-61(43-49)62-44-50(46-19-6-2-7-20-46)34-40-64(62)68(63)55-37-35-54(36-38-55)67(53-24-8-3-9-25-53)56-26-16-23-51(42-56)65-57-27-12-14-29-59(57)66(60-30-15-13-28-58(60)65)52-32-31-47-21-10-11-22-48(47)41-52/h1-44H. The molecular formula is C66H44N2. The summed E-state index contributed by atoms with van der Waals surface area (Å²) in [6.07, 6.45) is 0. The predicted molar refractivity (Wildman–Crippen MR) is 290 cm³/mol. The highest BCUT2D eigenvalue weighted by molar-refractivity contribution is 6.22. The molecule has 0 fully saturated rings. The lowest BCUT2D eigenvalue weighted by molar-refractivity contribution is 1.17. The molecule has 13 aromatic rings. The van der Waals surface area contributed by atoms with Crippen molar-refractivity contribution in [3.63, 3.8) is 0 Å². The third-order valence-electron chi connectivity index (χ3n) is 13.7. The molecule has 0 bridgehead atoms. The van der Waals surface area contributed by atoms with Crippen LogP contribution in [0.2, 0.25) is 0 Å². The number of benzene rings is 12. The Labute approximate surface area is 395 Å². The maximum atomic E-state index is 2.42. The molecule has 1 heterocycles. The quantitative estimate of drug-likeness (QED) is 0.138. The van der Waals surface area contributed by atoms with Crippen molar-refractivity contribution in [2.75, 3.05) is 4.90 Å². The van der Waals surface area contributed by atoms with Crippen molar-refractivity contribution >= 4 is 71.2 Å². The first kappa shape index (κ1) is 39.4. The third kappa shape index (κ3) is 6.73. The summed E-state index contributed by atoms with van der Waals surface area (Å²) < 4.78 is 2.42. The van der Waals surface area contributed by atoms with E-state index in [9.17, 15) is 0 Å². The topological polar surface area (TPSA) is 8.17 Å². The van der Waals surface area contributed by atoms with Crippen molar-refractivity contribution in [2.45, 2.75) is 0 Å². The average molecular weight is 865 g/mol. The summed E-state index contributed by atoms with van der Waals surface area (Å²) in [7, 11) is 0. The number of para-hydroxylation sites is 1. The van der Waals surface area contributed by atoms with E-state index < -0.39 is 0 Å². The van der Waals surface area contributed by atoms with Crippen molar-refractivity contribution in [2.24, 2.45) is 0 Å². The Morgan fingerprint density at radius 1 is 0.235 bits per heavy atom. The molecule has 12 aromatic carbocycles. The van der Waals surface area contributed by atoms with E-state index in [0.717, 1.165) is 22.7 Å². The van der Waals surface area contributed by atoms with Crippen molar-refractivity contribution in [1.82, 2.24) is 4.57 Å². The normalized spacial score (nSPS) is 11.5. The molecule has 68 heavy (non-hydrogen) atoms. The molecule has 2 heteroatoms. The van der Waals surface area contributed by atoms with Gasteiger partial charge in [0.2, 0.25) is 0 Å². The van der Waals surface area contributed by atoms with Crippen molar-refractivity contribution in [1.29, 1.82) is 0 Å². The van der Waals surface area contributed by atoms with Crippen LogP contribution in [0, 0.1) is 0 Å². The molecule has 0 amide bonds. The number of aromatic nitrogens is 1. The molecule has 0 aliphatic heterocycles. The highest BCUT2D eigenvalue weighted by Crippen LogP contribution is 2.46. The van der Waals surface area contributed by atoms with Crippen LogP contribution in [0.4, 0.5) is 17.1 Å². The van der Waals surface area contributed by atoms with Gasteiger partial charge in [0.1, 0.15) is 0 Å². The summed E-state index contributed by atoms with van der Waals surface area (Å²) >= 11 is 0. The molecule has 13 rings (SSSR count). The fraction of sp³-hybridized carbons (Fsp3) is 0. The fourth-order valence-corrected chi connectivity index (χ4v) is 10.6. The fourth-order valence-electron chi connectivity index (χ4n) is 10.6. The zero-order valence-electron chi connectivity index (χ0n) is 37.3. The summed E-state index contributed by atoms with van der Waals surface area (Å²) in [5.41, 5.74) is 16.5. The molecule has 318 valence electrons. The van der Waals surface area contributed by atoms with E-state index in [4.69, 9.17) is 0 Å². The summed E-state index contributed by atoms with van der Waals surface area (Å²) in [4.78, 5) is 2.38. The minimum atomic E-state index is 1.08. The molecule has 0 aliphatic carbocycles. The Morgan fingerprint density at radius 3 is 1.22 bits per heavy atom. The van der Waals surface area contributed by atoms with Gasteiger partial charge in [0, 0.05) is 33.5 Å². The molecule has 0 saturated carbocycles. The van der Waals surface area contributed by atoms with Gasteiger partial charge in [-0.05, 0) is 156 Å². The van der Waals surface area contributed by atoms with Gasteiger partial charge < -0.3 is 9.47 Å². The minimum Gasteiger partial charge on any atom is -0.310 e. The second kappa shape index (κ2) is 16.5. The van der Waals surface area contributed by atoms with Crippen LogP contribution in [0.25, 0.3) is 104 Å². The second-order valence-electron chi connectivity index (χ2n) is 17.7. The molecule has 0 spiro atoms. The summed E-state index contributed by atoms with van der Waals surface area (Å²) in [6, 6.07) is 97.5. The van der Waals surface area contributed by atoms with Gasteiger partial charge in [-0.1, -0.05) is 188 Å². The largest absolute Gasteiger partial charge is 0.310 e. The van der Waals surface area contributed by atoms with E-state index in [1.54, 1.807) is 0 Å². The maximum absolute atomic E-state index is 2.42. The molecular weight excluding hydrogens is 821 g/mol. The van der Waals surface area contributed by atoms with Crippen LogP contribution in [-0.2, 0) is 0 Å². The first-order chi connectivity index (χ1) is 33.7. The Hall–Kier alpha value is -8.98. The van der Waals surface area contributed by atoms with Gasteiger partial charge in [-0.25, -0.2) is 0 Å². The van der Waals surface area contributed by atoms with Crippen LogP contribution in [0.15, 0.2) is 267 Å². The summed E-state index contributed by atoms with van der Waals surface area (Å²) in [5.74, 6) is 0. The predicted octanol–water partition coefficient (Wildman–Crippen LogP) is 18.4. The van der Waals surface area contributed by atoms with E-state index in [-0.39, 0.29) is 0 Å². The van der Waals surface area contributed by atoms with Gasteiger partial charge in [0.05, 0.1) is 11.0 Å². The van der Waals surface area contributed by atoms with Gasteiger partial charge in [0.25, 0.3) is 0 Å². The van der Waals surface area contributed by atoms with Crippen molar-refractivity contribution in [3.8, 4) is 50.2 Å². The highest BCUT2D eigenvalue weighted by atomic mass is 15.1. The Morgan fingerprint density at radius 2 is 0.662 bits per heavy atom. The van der Waals surface area contributed by atoms with Gasteiger partial charge in [-0.2, -0.15) is 0 Å². The summed E-state index contributed by atoms with van der Waals surface area (Å²) in [6.45, 7) is 0. The third-order valence-corrected chi connectivity index (χ3v) is 13.7. The molecule has 0 aliphatic rings. The Balaban J connectivity index is 0.946. The number of rotatable bonds is 8. The maximum Gasteiger partial charge on any atom is 0.0541 e. The molecule has 0 saturated heterocycles. The van der Waals surface area contributed by atoms with Gasteiger partial charge in [-0.3, -0.25) is 0 Å². The zero-order valence-corrected chi connectivity index (χ0v) is 37.3. The van der Waals surface area contributed by atoms with Crippen LogP contribution in [0.1, 0.15) is 0 Å². The summed E-state index contributed by atoms with van der Waals surface area (Å²) in [5, 5.41) is 9.92. The lowest BCUT2D eigenvalue weighted by atomic mass is 9.85. The molecule has 2 nitrogen and oxygen atoms in total. The lowest BCUT2D eigenvalue weighted by Crippen LogP contribution is -2.10. The van der Waals surface area contributed by atoms with Gasteiger partial charge in [0.15, 0.2) is 0 Å². The first-order valence-corrected chi connectivity index (χ1v) is 23.4. The lowest BCUT2D eigenvalue weighted by Gasteiger charge is -2.26. The molecule has 0 radical (unpaired) electrons. The number of hydrogen-bond acceptors (Lipinski definition) is 1. The van der Waals surface area contributed by atoms with Crippen LogP contribution >= 0.6 is 0 Å². The van der Waals surface area contributed by atoms with Gasteiger partial charge in [-0.15, -0.1) is 0 Å². The van der Waals surface area contributed by atoms with Crippen LogP contribution in [0.5, 0.6) is 0 Å². The smallest absolute Gasteiger partial charge is 0.0541 e. The Kier molecular flexibility index (Phi) is 9.54. The first-order valence-electron chi connectivity index (χ1n) is 23.4. The molecule has 0 N–H and O–H groups in total. The monoisotopic (exact) mass is 864 g/mol. The molecule has 0 unspecified atom stereocenters. The van der Waals surface area contributed by atoms with Crippen molar-refractivity contribution < 1.29 is 0 Å². The van der Waals surface area contributed by atoms with E-state index in [1.165, 1.54) is 98.6 Å². The molecule has 1 aromatic heterocycles. The van der Waals surface area contributed by atoms with E-state index in [1.807, 2.05) is 0 Å². The number of fused-ring (bicyclic) bond motifs is 6. The van der Waals surface area contributed by atoms with Crippen LogP contribution in [0.3, 0.4) is 0 Å². The number of anilines is 3. The van der Waals surface area contributed by atoms with E-state index in [0.29, 0.717) is 0 Å². The average Bonchev–Trinajstić information content (AvgIpc) is 3.74. The van der Waals surface area contributed by atoms with Crippen LogP contribution < -0.4 is 4.90 Å². The van der Waals surface area contributed by atoms with Gasteiger partial charge >= 0.3 is 0 Å². The van der Waals surface area contributed by atoms with E-state index in [2.05, 4.69) is 276 Å². The number of hydrogen-bond donors (Lipinski definition) is 0. The molecule has 0 atom stereocenters. The van der Waals surface area contributed by atoms with E-state index >= 15 is 0 Å².